The summed E-state index contributed by atoms with van der Waals surface area (Å²) < 4.78 is 35.9. The van der Waals surface area contributed by atoms with Gasteiger partial charge >= 0.3 is 0 Å². The number of hydrogen-bond donors (Lipinski definition) is 1. The lowest BCUT2D eigenvalue weighted by atomic mass is 9.56. The number of methoxy groups -OCH3 is 4. The molecule has 4 aromatic carbocycles. The van der Waals surface area contributed by atoms with Crippen LogP contribution in [0.25, 0.3) is 12.2 Å². The monoisotopic (exact) mass is 826 g/mol. The van der Waals surface area contributed by atoms with Crippen molar-refractivity contribution in [1.29, 1.82) is 0 Å². The van der Waals surface area contributed by atoms with Crippen LogP contribution in [0.5, 0.6) is 28.7 Å². The summed E-state index contributed by atoms with van der Waals surface area (Å²) in [5.74, 6) is -6.08. The fourth-order valence-corrected chi connectivity index (χ4v) is 9.94. The zero-order valence-electron chi connectivity index (χ0n) is 31.7. The topological polar surface area (TPSA) is 132 Å². The third kappa shape index (κ3) is 5.75. The number of phenolic OH excluding ortho intramolecular Hbond substituents is 1. The number of nitrogens with zero attached hydrogens (tertiary/aromatic N) is 2. The first-order valence-electron chi connectivity index (χ1n) is 18.4. The van der Waals surface area contributed by atoms with Gasteiger partial charge in [-0.05, 0) is 78.9 Å². The summed E-state index contributed by atoms with van der Waals surface area (Å²) in [6.45, 7) is 0. The number of alkyl halides is 2. The molecule has 0 bridgehead atoms. The number of anilines is 2. The molecular formula is C44H37Cl2FN2O9. The average molecular weight is 828 g/mol. The van der Waals surface area contributed by atoms with Gasteiger partial charge in [-0.1, -0.05) is 35.9 Å². The molecule has 2 aliphatic heterocycles. The molecule has 4 aromatic rings. The SMILES string of the molecule is COc1ccc(OC)c(C=Cc2ccc(N3C(=O)[C@H]4[C@H](CC=C5[C@H]4C[C@@]4(Cl)C(=O)N(c6ccc(F)cc6)C(=O)[C@@]4(Cl)[C@H]5c4c(O)cc(OC)cc4OC)C3=O)cc2)c1. The molecule has 0 aromatic heterocycles. The number of carbonyl (C=O) groups excluding carboxylic acids is 4. The summed E-state index contributed by atoms with van der Waals surface area (Å²) in [6, 6.07) is 19.9. The molecule has 0 spiro atoms. The molecule has 2 saturated heterocycles. The minimum atomic E-state index is -2.28. The highest BCUT2D eigenvalue weighted by Crippen LogP contribution is 2.67. The number of imide groups is 2. The van der Waals surface area contributed by atoms with Crippen molar-refractivity contribution in [3.05, 3.63) is 113 Å². The Morgan fingerprint density at radius 1 is 0.724 bits per heavy atom. The van der Waals surface area contributed by atoms with Crippen LogP contribution in [0.3, 0.4) is 0 Å². The highest BCUT2D eigenvalue weighted by molar-refractivity contribution is 6.58. The van der Waals surface area contributed by atoms with E-state index in [1.165, 1.54) is 38.5 Å². The van der Waals surface area contributed by atoms with E-state index in [4.69, 9.17) is 42.1 Å². The second-order valence-electron chi connectivity index (χ2n) is 14.6. The van der Waals surface area contributed by atoms with Gasteiger partial charge in [0, 0.05) is 29.2 Å². The van der Waals surface area contributed by atoms with Crippen LogP contribution in [0, 0.1) is 23.6 Å². The molecule has 1 saturated carbocycles. The van der Waals surface area contributed by atoms with Crippen molar-refractivity contribution in [3.63, 3.8) is 0 Å². The number of aromatic hydroxyl groups is 1. The fraction of sp³-hybridized carbons (Fsp3) is 0.273. The largest absolute Gasteiger partial charge is 0.507 e. The van der Waals surface area contributed by atoms with Gasteiger partial charge < -0.3 is 24.1 Å². The number of fused-ring (bicyclic) bond motifs is 4. The Bertz CT molecular complexity index is 2440. The van der Waals surface area contributed by atoms with E-state index in [1.54, 1.807) is 56.7 Å². The van der Waals surface area contributed by atoms with Gasteiger partial charge in [0.15, 0.2) is 9.75 Å². The smallest absolute Gasteiger partial charge is 0.258 e. The van der Waals surface area contributed by atoms with Crippen LogP contribution in [0.15, 0.2) is 90.5 Å². The van der Waals surface area contributed by atoms with Crippen LogP contribution in [0.1, 0.15) is 35.4 Å². The van der Waals surface area contributed by atoms with Crippen LogP contribution in [-0.4, -0.2) is 66.9 Å². The highest BCUT2D eigenvalue weighted by Gasteiger charge is 2.77. The van der Waals surface area contributed by atoms with Crippen molar-refractivity contribution >= 4 is 70.4 Å². The van der Waals surface area contributed by atoms with Gasteiger partial charge in [-0.25, -0.2) is 9.29 Å². The first kappa shape index (κ1) is 39.0. The maximum absolute atomic E-state index is 14.7. The lowest BCUT2D eigenvalue weighted by Gasteiger charge is -2.50. The van der Waals surface area contributed by atoms with Crippen molar-refractivity contribution in [3.8, 4) is 28.7 Å². The molecule has 298 valence electrons. The second kappa shape index (κ2) is 14.5. The minimum Gasteiger partial charge on any atom is -0.507 e. The lowest BCUT2D eigenvalue weighted by molar-refractivity contribution is -0.125. The van der Waals surface area contributed by atoms with Crippen molar-refractivity contribution < 1.29 is 47.6 Å². The molecule has 11 nitrogen and oxygen atoms in total. The molecule has 0 radical (unpaired) electrons. The van der Waals surface area contributed by atoms with E-state index < -0.39 is 62.9 Å². The summed E-state index contributed by atoms with van der Waals surface area (Å²) in [7, 11) is 5.92. The van der Waals surface area contributed by atoms with Crippen LogP contribution >= 0.6 is 23.2 Å². The molecule has 14 heteroatoms. The van der Waals surface area contributed by atoms with E-state index in [-0.39, 0.29) is 41.3 Å². The van der Waals surface area contributed by atoms with E-state index in [0.717, 1.165) is 33.1 Å². The van der Waals surface area contributed by atoms with E-state index in [2.05, 4.69) is 0 Å². The number of phenols is 1. The van der Waals surface area contributed by atoms with E-state index >= 15 is 0 Å². The Labute approximate surface area is 343 Å². The summed E-state index contributed by atoms with van der Waals surface area (Å²) >= 11 is 15.0. The second-order valence-corrected chi connectivity index (χ2v) is 15.8. The number of ether oxygens (including phenoxy) is 4. The van der Waals surface area contributed by atoms with Gasteiger partial charge in [-0.2, -0.15) is 0 Å². The van der Waals surface area contributed by atoms with Gasteiger partial charge in [-0.3, -0.25) is 24.1 Å². The summed E-state index contributed by atoms with van der Waals surface area (Å²) in [4.78, 5) is 55.7. The average Bonchev–Trinajstić information content (AvgIpc) is 3.57. The summed E-state index contributed by atoms with van der Waals surface area (Å²) in [5, 5.41) is 11.6. The Kier molecular flexibility index (Phi) is 9.76. The van der Waals surface area contributed by atoms with Gasteiger partial charge in [0.05, 0.1) is 51.6 Å². The zero-order chi connectivity index (χ0) is 41.3. The first-order valence-corrected chi connectivity index (χ1v) is 19.1. The standard InChI is InChI=1S/C44H37Cl2FN2O9/c1-55-28-15-18-34(57-3)24(19-28)8-5-23-6-11-26(12-7-23)48-39(51)31-17-16-30-32(36(31)40(48)52)22-43(45)41(53)49(27-13-9-25(47)10-14-27)42(54)44(43,46)38(30)37-33(50)20-29(56-2)21-35(37)58-4/h5-16,18-21,31-32,36,38,50H,17,22H2,1-4H3/t31-,32+,36-,38+,43+,44-/m0/s1. The number of rotatable bonds is 9. The van der Waals surface area contributed by atoms with Crippen LogP contribution in [0.4, 0.5) is 15.8 Å². The number of hydrogen-bond acceptors (Lipinski definition) is 9. The molecule has 3 fully saturated rings. The third-order valence-corrected chi connectivity index (χ3v) is 13.2. The lowest BCUT2D eigenvalue weighted by Crippen LogP contribution is -2.60. The number of amides is 4. The summed E-state index contributed by atoms with van der Waals surface area (Å²) in [5.41, 5.74) is 2.45. The molecule has 2 heterocycles. The van der Waals surface area contributed by atoms with Gasteiger partial charge in [0.1, 0.15) is 34.6 Å². The Morgan fingerprint density at radius 2 is 1.38 bits per heavy atom. The predicted molar refractivity (Wildman–Crippen MR) is 215 cm³/mol. The Hall–Kier alpha value is -5.85. The van der Waals surface area contributed by atoms with Crippen LogP contribution in [-0.2, 0) is 19.2 Å². The highest BCUT2D eigenvalue weighted by atomic mass is 35.5. The van der Waals surface area contributed by atoms with Crippen LogP contribution in [0.2, 0.25) is 0 Å². The number of carbonyl (C=O) groups is 4. The quantitative estimate of drug-likeness (QED) is 0.0789. The molecule has 2 aliphatic carbocycles. The minimum absolute atomic E-state index is 0.0320. The Balaban J connectivity index is 1.19. The third-order valence-electron chi connectivity index (χ3n) is 11.8. The van der Waals surface area contributed by atoms with Crippen LogP contribution < -0.4 is 28.7 Å². The van der Waals surface area contributed by atoms with Crippen molar-refractivity contribution in [2.45, 2.75) is 28.5 Å². The van der Waals surface area contributed by atoms with E-state index in [0.29, 0.717) is 22.8 Å². The van der Waals surface area contributed by atoms with Gasteiger partial charge in [0.25, 0.3) is 11.8 Å². The van der Waals surface area contributed by atoms with Crippen molar-refractivity contribution in [2.75, 3.05) is 38.2 Å². The maximum Gasteiger partial charge on any atom is 0.258 e. The molecular weight excluding hydrogens is 790 g/mol. The van der Waals surface area contributed by atoms with E-state index in [1.807, 2.05) is 18.2 Å². The normalized spacial score (nSPS) is 26.4. The molecule has 0 unspecified atom stereocenters. The molecule has 58 heavy (non-hydrogen) atoms. The van der Waals surface area contributed by atoms with Crippen molar-refractivity contribution in [1.82, 2.24) is 0 Å². The number of benzene rings is 4. The van der Waals surface area contributed by atoms with Gasteiger partial charge in [-0.15, -0.1) is 23.2 Å². The predicted octanol–water partition coefficient (Wildman–Crippen LogP) is 7.50. The number of allylic oxidation sites excluding steroid dienone is 2. The van der Waals surface area contributed by atoms with Crippen molar-refractivity contribution in [2.24, 2.45) is 17.8 Å². The Morgan fingerprint density at radius 3 is 2.03 bits per heavy atom. The first-order chi connectivity index (χ1) is 27.8. The summed E-state index contributed by atoms with van der Waals surface area (Å²) in [6.07, 6.45) is 5.29. The number of halogens is 3. The van der Waals surface area contributed by atoms with Gasteiger partial charge in [0.2, 0.25) is 11.8 Å². The maximum atomic E-state index is 14.7. The molecule has 4 aliphatic rings. The molecule has 1 N–H and O–H groups in total. The molecule has 4 amide bonds. The van der Waals surface area contributed by atoms with E-state index in [9.17, 15) is 28.7 Å². The molecule has 8 rings (SSSR count). The molecule has 6 atom stereocenters. The fourth-order valence-electron chi connectivity index (χ4n) is 9.02. The zero-order valence-corrected chi connectivity index (χ0v) is 33.2.